The molecular formula is C26H31N3O4. The minimum Gasteiger partial charge on any atom is -0.486 e. The molecule has 7 nitrogen and oxygen atoms in total. The predicted octanol–water partition coefficient (Wildman–Crippen LogP) is 4.83. The fourth-order valence-electron chi connectivity index (χ4n) is 3.85. The van der Waals surface area contributed by atoms with Crippen molar-refractivity contribution in [2.75, 3.05) is 6.54 Å². The Balaban J connectivity index is 1.70. The molecule has 1 atom stereocenters. The highest BCUT2D eigenvalue weighted by Crippen LogP contribution is 2.31. The van der Waals surface area contributed by atoms with E-state index in [0.29, 0.717) is 5.56 Å². The van der Waals surface area contributed by atoms with Gasteiger partial charge < -0.3 is 15.2 Å². The van der Waals surface area contributed by atoms with Crippen molar-refractivity contribution in [2.24, 2.45) is 7.05 Å². The zero-order valence-corrected chi connectivity index (χ0v) is 19.6. The van der Waals surface area contributed by atoms with Gasteiger partial charge in [-0.05, 0) is 55.7 Å². The molecule has 0 saturated carbocycles. The lowest BCUT2D eigenvalue weighted by Crippen LogP contribution is -2.26. The lowest BCUT2D eigenvalue weighted by Gasteiger charge is -2.20. The predicted molar refractivity (Wildman–Crippen MR) is 127 cm³/mol. The van der Waals surface area contributed by atoms with E-state index in [0.717, 1.165) is 46.7 Å². The summed E-state index contributed by atoms with van der Waals surface area (Å²) in [5.74, 6) is -0.442. The van der Waals surface area contributed by atoms with Gasteiger partial charge in [-0.3, -0.25) is 14.3 Å². The summed E-state index contributed by atoms with van der Waals surface area (Å²) in [5.41, 5.74) is 5.85. The number of carboxylic acid groups (broad SMARTS) is 1. The van der Waals surface area contributed by atoms with Gasteiger partial charge in [-0.25, -0.2) is 0 Å². The van der Waals surface area contributed by atoms with Crippen LogP contribution in [0.2, 0.25) is 0 Å². The Hall–Kier alpha value is -3.61. The fraction of sp³-hybridized carbons (Fsp3) is 0.346. The summed E-state index contributed by atoms with van der Waals surface area (Å²) in [4.78, 5) is 22.8. The van der Waals surface area contributed by atoms with Crippen molar-refractivity contribution >= 4 is 11.9 Å². The smallest absolute Gasteiger partial charge is 0.305 e. The minimum atomic E-state index is -0.941. The maximum Gasteiger partial charge on any atom is 0.305 e. The van der Waals surface area contributed by atoms with Gasteiger partial charge in [0.15, 0.2) is 0 Å². The number of aliphatic carboxylic acids is 1. The Morgan fingerprint density at radius 2 is 1.76 bits per heavy atom. The van der Waals surface area contributed by atoms with E-state index in [-0.39, 0.29) is 25.0 Å². The van der Waals surface area contributed by atoms with Gasteiger partial charge in [0.2, 0.25) is 0 Å². The molecular weight excluding hydrogens is 418 g/mol. The van der Waals surface area contributed by atoms with Crippen LogP contribution in [0.15, 0.2) is 48.5 Å². The van der Waals surface area contributed by atoms with E-state index in [1.165, 1.54) is 0 Å². The monoisotopic (exact) mass is 449 g/mol. The van der Waals surface area contributed by atoms with Gasteiger partial charge in [0.1, 0.15) is 11.9 Å². The second-order valence-corrected chi connectivity index (χ2v) is 8.11. The van der Waals surface area contributed by atoms with Gasteiger partial charge in [0, 0.05) is 30.4 Å². The topological polar surface area (TPSA) is 93.5 Å². The number of aromatic nitrogens is 2. The van der Waals surface area contributed by atoms with Crippen LogP contribution in [0.25, 0.3) is 11.1 Å². The summed E-state index contributed by atoms with van der Waals surface area (Å²) in [6.07, 6.45) is 1.56. The number of rotatable bonds is 10. The Morgan fingerprint density at radius 1 is 1.09 bits per heavy atom. The van der Waals surface area contributed by atoms with Gasteiger partial charge >= 0.3 is 5.97 Å². The molecule has 0 spiro atoms. The minimum absolute atomic E-state index is 0.102. The lowest BCUT2D eigenvalue weighted by atomic mass is 10.0. The Kier molecular flexibility index (Phi) is 7.87. The summed E-state index contributed by atoms with van der Waals surface area (Å²) in [6, 6.07) is 15.3. The van der Waals surface area contributed by atoms with E-state index < -0.39 is 5.97 Å². The number of nitrogens with zero attached hydrogens (tertiary/aromatic N) is 2. The Labute approximate surface area is 194 Å². The van der Waals surface area contributed by atoms with Crippen molar-refractivity contribution in [3.8, 4) is 16.9 Å². The van der Waals surface area contributed by atoms with Gasteiger partial charge in [0.25, 0.3) is 5.91 Å². The molecule has 33 heavy (non-hydrogen) atoms. The second-order valence-electron chi connectivity index (χ2n) is 8.11. The number of aryl methyl sites for hydroxylation is 2. The molecule has 7 heteroatoms. The summed E-state index contributed by atoms with van der Waals surface area (Å²) in [7, 11) is 1.95. The number of nitrogens with one attached hydrogen (secondary N) is 1. The molecule has 0 aliphatic carbocycles. The quantitative estimate of drug-likeness (QED) is 0.462. The van der Waals surface area contributed by atoms with Crippen LogP contribution in [0.3, 0.4) is 0 Å². The van der Waals surface area contributed by atoms with Crippen molar-refractivity contribution < 1.29 is 19.4 Å². The first-order chi connectivity index (χ1) is 15.8. The summed E-state index contributed by atoms with van der Waals surface area (Å²) < 4.78 is 8.19. The third-order valence-corrected chi connectivity index (χ3v) is 5.65. The number of carbonyl (C=O) groups is 2. The molecule has 174 valence electrons. The molecule has 1 aromatic heterocycles. The van der Waals surface area contributed by atoms with Crippen LogP contribution in [-0.4, -0.2) is 33.3 Å². The number of hydrogen-bond donors (Lipinski definition) is 2. The molecule has 1 amide bonds. The number of ether oxygens (including phenoxy) is 1. The first-order valence-electron chi connectivity index (χ1n) is 11.2. The molecule has 0 aliphatic rings. The van der Waals surface area contributed by atoms with Crippen molar-refractivity contribution in [3.63, 3.8) is 0 Å². The molecule has 0 radical (unpaired) electrons. The fourth-order valence-corrected chi connectivity index (χ4v) is 3.85. The van der Waals surface area contributed by atoms with Crippen LogP contribution in [0, 0.1) is 13.8 Å². The van der Waals surface area contributed by atoms with Crippen LogP contribution in [-0.2, 0) is 11.8 Å². The summed E-state index contributed by atoms with van der Waals surface area (Å²) >= 11 is 0. The average molecular weight is 450 g/mol. The average Bonchev–Trinajstić information content (AvgIpc) is 3.05. The third kappa shape index (κ3) is 6.00. The van der Waals surface area contributed by atoms with Gasteiger partial charge in [-0.15, -0.1) is 0 Å². The van der Waals surface area contributed by atoms with E-state index in [2.05, 4.69) is 36.4 Å². The van der Waals surface area contributed by atoms with Crippen LogP contribution in [0.4, 0.5) is 0 Å². The van der Waals surface area contributed by atoms with E-state index >= 15 is 0 Å². The highest BCUT2D eigenvalue weighted by atomic mass is 16.5. The molecule has 1 unspecified atom stereocenters. The van der Waals surface area contributed by atoms with Crippen LogP contribution < -0.4 is 10.1 Å². The molecule has 0 bridgehead atoms. The number of carbonyl (C=O) groups excluding carboxylic acids is 1. The first-order valence-corrected chi connectivity index (χ1v) is 11.2. The molecule has 3 rings (SSSR count). The normalized spacial score (nSPS) is 11.8. The second kappa shape index (κ2) is 10.8. The lowest BCUT2D eigenvalue weighted by molar-refractivity contribution is -0.136. The number of benzene rings is 2. The maximum absolute atomic E-state index is 12.2. The van der Waals surface area contributed by atoms with Crippen molar-refractivity contribution in [3.05, 3.63) is 71.0 Å². The zero-order valence-electron chi connectivity index (χ0n) is 19.6. The van der Waals surface area contributed by atoms with Gasteiger partial charge in [0.05, 0.1) is 12.1 Å². The van der Waals surface area contributed by atoms with Crippen molar-refractivity contribution in [1.82, 2.24) is 15.1 Å². The third-order valence-electron chi connectivity index (χ3n) is 5.65. The summed E-state index contributed by atoms with van der Waals surface area (Å²) in [5, 5.41) is 15.8. The van der Waals surface area contributed by atoms with Crippen LogP contribution in [0.1, 0.15) is 59.6 Å². The molecule has 1 heterocycles. The maximum atomic E-state index is 12.2. The first kappa shape index (κ1) is 24.0. The van der Waals surface area contributed by atoms with Crippen molar-refractivity contribution in [1.29, 1.82) is 0 Å². The molecule has 2 aromatic carbocycles. The molecule has 0 fully saturated rings. The van der Waals surface area contributed by atoms with Gasteiger partial charge in [-0.2, -0.15) is 5.10 Å². The number of amides is 1. The number of carboxylic acids is 1. The molecule has 3 aromatic rings. The van der Waals surface area contributed by atoms with E-state index in [1.54, 1.807) is 12.1 Å². The van der Waals surface area contributed by atoms with Gasteiger partial charge in [-0.1, -0.05) is 37.6 Å². The van der Waals surface area contributed by atoms with Crippen molar-refractivity contribution in [2.45, 2.75) is 46.1 Å². The largest absolute Gasteiger partial charge is 0.486 e. The van der Waals surface area contributed by atoms with Crippen LogP contribution >= 0.6 is 0 Å². The highest BCUT2D eigenvalue weighted by molar-refractivity contribution is 5.94. The zero-order chi connectivity index (χ0) is 24.0. The number of hydrogen-bond acceptors (Lipinski definition) is 4. The van der Waals surface area contributed by atoms with E-state index in [9.17, 15) is 9.59 Å². The Morgan fingerprint density at radius 3 is 2.30 bits per heavy atom. The molecule has 0 saturated heterocycles. The summed E-state index contributed by atoms with van der Waals surface area (Å²) in [6.45, 7) is 6.29. The Bertz CT molecular complexity index is 1100. The van der Waals surface area contributed by atoms with E-state index in [1.807, 2.05) is 42.9 Å². The SMILES string of the molecule is CCCC(Oc1ccc(-c2c(C)nn(C)c2C)cc1)c1ccc(C(=O)NCCC(=O)O)cc1. The highest BCUT2D eigenvalue weighted by Gasteiger charge is 2.16. The standard InChI is InChI=1S/C26H31N3O4/c1-5-6-23(19-7-9-21(10-8-19)26(32)27-16-15-24(30)31)33-22-13-11-20(12-14-22)25-17(2)28-29(4)18(25)3/h7-14,23H,5-6,15-16H2,1-4H3,(H,27,32)(H,30,31). The molecule has 0 aliphatic heterocycles. The molecule has 2 N–H and O–H groups in total. The van der Waals surface area contributed by atoms with E-state index in [4.69, 9.17) is 9.84 Å². The van der Waals surface area contributed by atoms with Crippen LogP contribution in [0.5, 0.6) is 5.75 Å².